The van der Waals surface area contributed by atoms with Gasteiger partial charge in [-0.1, -0.05) is 326 Å². The Morgan fingerprint density at radius 2 is 0.600 bits per heavy atom. The molecule has 0 bridgehead atoms. The summed E-state index contributed by atoms with van der Waals surface area (Å²) in [7, 11) is 5.91. The van der Waals surface area contributed by atoms with Crippen molar-refractivity contribution < 1.29 is 42.9 Å². The number of carbonyl (C=O) groups excluding carboxylic acids is 3. The van der Waals surface area contributed by atoms with Crippen molar-refractivity contribution in [3.8, 4) is 0 Å². The Balaban J connectivity index is 4.20. The van der Waals surface area contributed by atoms with Crippen LogP contribution in [0.3, 0.4) is 0 Å². The molecule has 2 atom stereocenters. The van der Waals surface area contributed by atoms with Crippen molar-refractivity contribution in [3.05, 3.63) is 158 Å². The lowest BCUT2D eigenvalue weighted by Crippen LogP contribution is -2.44. The van der Waals surface area contributed by atoms with Crippen molar-refractivity contribution in [3.63, 3.8) is 0 Å². The van der Waals surface area contributed by atoms with E-state index in [1.807, 2.05) is 21.1 Å². The summed E-state index contributed by atoms with van der Waals surface area (Å²) >= 11 is 0. The largest absolute Gasteiger partial charge is 0.545 e. The third-order valence-corrected chi connectivity index (χ3v) is 16.3. The molecule has 0 spiro atoms. The van der Waals surface area contributed by atoms with Crippen molar-refractivity contribution in [1.82, 2.24) is 0 Å². The molecule has 0 aliphatic heterocycles. The number of quaternary nitrogens is 1. The summed E-state index contributed by atoms with van der Waals surface area (Å²) in [6, 6.07) is 0. The summed E-state index contributed by atoms with van der Waals surface area (Å²) in [6.07, 6.45) is 108. The minimum absolute atomic E-state index is 0.132. The van der Waals surface area contributed by atoms with Gasteiger partial charge in [0.05, 0.1) is 40.3 Å². The Morgan fingerprint density at radius 3 is 0.926 bits per heavy atom. The molecule has 0 rings (SSSR count). The van der Waals surface area contributed by atoms with Gasteiger partial charge < -0.3 is 33.3 Å². The SMILES string of the molecule is CC/C=C\C/C=C\C/C=C\C/C=C\C/C=C\C/C=C\C/C=C\C/C=C\C/C=C\C/C=C\C/C=C\C/C=C\CCCCC(=O)OC(COC(=O)CCCCCCCCCCCCCCCCCCCCC/C=C\CCCCCCCCCC)COC(OCC[N+](C)(C)C)C(=O)[O-]. The van der Waals surface area contributed by atoms with Crippen LogP contribution >= 0.6 is 0 Å². The molecule has 9 nitrogen and oxygen atoms in total. The predicted octanol–water partition coefficient (Wildman–Crippen LogP) is 23.5. The van der Waals surface area contributed by atoms with Crippen molar-refractivity contribution in [2.75, 3.05) is 47.5 Å². The van der Waals surface area contributed by atoms with Gasteiger partial charge in [-0.15, -0.1) is 0 Å². The van der Waals surface area contributed by atoms with Gasteiger partial charge in [-0.2, -0.15) is 0 Å². The number of esters is 2. The van der Waals surface area contributed by atoms with Crippen LogP contribution in [-0.4, -0.2) is 82.3 Å². The molecule has 540 valence electrons. The van der Waals surface area contributed by atoms with E-state index in [4.69, 9.17) is 18.9 Å². The molecule has 0 aliphatic rings. The monoisotopic (exact) mass is 1320 g/mol. The molecule has 0 radical (unpaired) electrons. The number of carboxylic acids is 1. The summed E-state index contributed by atoms with van der Waals surface area (Å²) < 4.78 is 22.8. The maximum atomic E-state index is 12.9. The number of likely N-dealkylation sites (N-methyl/N-ethyl adjacent to an activating group) is 1. The zero-order valence-electron chi connectivity index (χ0n) is 61.7. The van der Waals surface area contributed by atoms with Crippen LogP contribution in [0.2, 0.25) is 0 Å². The van der Waals surface area contributed by atoms with E-state index in [2.05, 4.69) is 172 Å². The number of hydrogen-bond donors (Lipinski definition) is 0. The van der Waals surface area contributed by atoms with Crippen molar-refractivity contribution in [2.45, 2.75) is 322 Å². The number of carboxylic acid groups (broad SMARTS) is 1. The molecule has 0 aromatic rings. The number of allylic oxidation sites excluding steroid dienone is 26. The number of hydrogen-bond acceptors (Lipinski definition) is 8. The summed E-state index contributed by atoms with van der Waals surface area (Å²) in [5.41, 5.74) is 0. The summed E-state index contributed by atoms with van der Waals surface area (Å²) in [5.74, 6) is -2.35. The number of nitrogens with zero attached hydrogens (tertiary/aromatic N) is 1. The van der Waals surface area contributed by atoms with E-state index in [0.717, 1.165) is 109 Å². The van der Waals surface area contributed by atoms with Crippen LogP contribution < -0.4 is 5.11 Å². The fourth-order valence-electron chi connectivity index (χ4n) is 10.4. The minimum Gasteiger partial charge on any atom is -0.545 e. The van der Waals surface area contributed by atoms with Crippen LogP contribution in [-0.2, 0) is 33.3 Å². The molecule has 0 aromatic heterocycles. The van der Waals surface area contributed by atoms with Crippen LogP contribution in [0.25, 0.3) is 0 Å². The van der Waals surface area contributed by atoms with E-state index in [1.54, 1.807) is 0 Å². The Kier molecular flexibility index (Phi) is 70.7. The maximum absolute atomic E-state index is 12.9. The van der Waals surface area contributed by atoms with E-state index in [-0.39, 0.29) is 38.6 Å². The molecule has 0 fully saturated rings. The molecular weight excluding hydrogens is 1170 g/mol. The topological polar surface area (TPSA) is 111 Å². The van der Waals surface area contributed by atoms with Gasteiger partial charge in [0, 0.05) is 12.8 Å². The molecule has 2 unspecified atom stereocenters. The average Bonchev–Trinajstić information content (AvgIpc) is 2.92. The lowest BCUT2D eigenvalue weighted by molar-refractivity contribution is -0.870. The fraction of sp³-hybridized carbons (Fsp3) is 0.663. The third kappa shape index (κ3) is 76.1. The van der Waals surface area contributed by atoms with Gasteiger partial charge in [-0.3, -0.25) is 9.59 Å². The second-order valence-electron chi connectivity index (χ2n) is 26.6. The van der Waals surface area contributed by atoms with E-state index < -0.39 is 24.3 Å². The summed E-state index contributed by atoms with van der Waals surface area (Å²) in [6.45, 7) is 4.60. The second-order valence-corrected chi connectivity index (χ2v) is 26.6. The average molecular weight is 1320 g/mol. The normalized spacial score (nSPS) is 13.6. The molecule has 0 aromatic carbocycles. The molecule has 9 heteroatoms. The first-order chi connectivity index (χ1) is 46.6. The molecule has 0 saturated heterocycles. The first-order valence-electron chi connectivity index (χ1n) is 38.6. The summed E-state index contributed by atoms with van der Waals surface area (Å²) in [4.78, 5) is 37.5. The van der Waals surface area contributed by atoms with Crippen molar-refractivity contribution in [1.29, 1.82) is 0 Å². The Morgan fingerprint density at radius 1 is 0.326 bits per heavy atom. The highest BCUT2D eigenvalue weighted by atomic mass is 16.7. The Bertz CT molecular complexity index is 2130. The van der Waals surface area contributed by atoms with Crippen molar-refractivity contribution >= 4 is 17.9 Å². The van der Waals surface area contributed by atoms with Crippen LogP contribution in [0.1, 0.15) is 309 Å². The highest BCUT2D eigenvalue weighted by Crippen LogP contribution is 2.17. The van der Waals surface area contributed by atoms with Gasteiger partial charge in [-0.25, -0.2) is 0 Å². The molecule has 0 N–H and O–H groups in total. The molecule has 0 aliphatic carbocycles. The number of rotatable bonds is 70. The summed E-state index contributed by atoms with van der Waals surface area (Å²) in [5, 5.41) is 11.8. The lowest BCUT2D eigenvalue weighted by atomic mass is 10.0. The van der Waals surface area contributed by atoms with E-state index >= 15 is 0 Å². The Hall–Kier alpha value is -5.09. The Labute approximate surface area is 584 Å². The van der Waals surface area contributed by atoms with Gasteiger partial charge in [0.1, 0.15) is 13.2 Å². The predicted molar refractivity (Wildman–Crippen MR) is 407 cm³/mol. The van der Waals surface area contributed by atoms with Gasteiger partial charge in [0.2, 0.25) is 0 Å². The van der Waals surface area contributed by atoms with Gasteiger partial charge in [0.25, 0.3) is 0 Å². The smallest absolute Gasteiger partial charge is 0.306 e. The standard InChI is InChI=1S/C86H143NO8/c1-6-8-10-12-14-16-18-20-22-24-26-28-30-32-34-36-38-39-40-41-42-43-44-45-47-49-51-53-55-57-59-61-63-65-67-69-71-73-75-77-84(89)95-82(81-94-86(85(90)91)92-79-78-87(3,4)5)80-93-83(88)76-74-72-70-68-66-64-62-60-58-56-54-52-50-48-46-37-35-33-31-29-27-25-23-21-19-17-15-13-11-9-7-2/h8,10,14,16,20,22,25-28,32,34,38-39,41-42,44-45,49,51,55,57,61,63,67,69,82,86H,6-7,9,11-13,15,17-19,21,23-24,29-31,33,35-37,40,43,46-48,50,52-54,56,58-60,62,64-66,68,70-81H2,1-5H3/b10-8-,16-14-,22-20-,27-25-,28-26-,34-32-,39-38-,42-41-,45-44-,51-49-,57-55-,63-61-,69-67-. The minimum atomic E-state index is -1.64. The van der Waals surface area contributed by atoms with Crippen LogP contribution in [0.5, 0.6) is 0 Å². The zero-order chi connectivity index (χ0) is 69.0. The molecule has 0 amide bonds. The first-order valence-corrected chi connectivity index (χ1v) is 38.6. The molecular formula is C86H143NO8. The van der Waals surface area contributed by atoms with E-state index in [1.165, 1.54) is 167 Å². The zero-order valence-corrected chi connectivity index (χ0v) is 61.7. The molecule has 0 saturated carbocycles. The number of unbranched alkanes of at least 4 members (excludes halogenated alkanes) is 29. The van der Waals surface area contributed by atoms with E-state index in [9.17, 15) is 19.5 Å². The van der Waals surface area contributed by atoms with Gasteiger partial charge >= 0.3 is 11.9 Å². The number of aliphatic carboxylic acids is 1. The number of ether oxygens (including phenoxy) is 4. The van der Waals surface area contributed by atoms with Crippen LogP contribution in [0.4, 0.5) is 0 Å². The van der Waals surface area contributed by atoms with Crippen molar-refractivity contribution in [2.24, 2.45) is 0 Å². The van der Waals surface area contributed by atoms with Crippen LogP contribution in [0, 0.1) is 0 Å². The fourth-order valence-corrected chi connectivity index (χ4v) is 10.4. The van der Waals surface area contributed by atoms with Gasteiger partial charge in [0.15, 0.2) is 12.4 Å². The second kappa shape index (κ2) is 74.7. The maximum Gasteiger partial charge on any atom is 0.306 e. The first kappa shape index (κ1) is 89.9. The molecule has 95 heavy (non-hydrogen) atoms. The highest BCUT2D eigenvalue weighted by molar-refractivity contribution is 5.70. The third-order valence-electron chi connectivity index (χ3n) is 16.3. The lowest BCUT2D eigenvalue weighted by Gasteiger charge is -2.26. The van der Waals surface area contributed by atoms with E-state index in [0.29, 0.717) is 17.4 Å². The highest BCUT2D eigenvalue weighted by Gasteiger charge is 2.22. The van der Waals surface area contributed by atoms with Crippen LogP contribution in [0.15, 0.2) is 158 Å². The molecule has 0 heterocycles. The van der Waals surface area contributed by atoms with Gasteiger partial charge in [-0.05, 0) is 128 Å². The number of carbonyl (C=O) groups is 3. The quantitative estimate of drug-likeness (QED) is 0.0195.